The zero-order valence-electron chi connectivity index (χ0n) is 11.7. The summed E-state index contributed by atoms with van der Waals surface area (Å²) in [5, 5.41) is 0.0606. The van der Waals surface area contributed by atoms with Crippen molar-refractivity contribution in [1.82, 2.24) is 14.3 Å². The van der Waals surface area contributed by atoms with Crippen LogP contribution in [0.4, 0.5) is 0 Å². The largest absolute Gasteiger partial charge is 0.393 e. The first-order valence-electron chi connectivity index (χ1n) is 6.70. The summed E-state index contributed by atoms with van der Waals surface area (Å²) >= 11 is 5.01. The Balaban J connectivity index is 2.20. The molecule has 2 unspecified atom stereocenters. The summed E-state index contributed by atoms with van der Waals surface area (Å²) in [5.74, 6) is 0.624. The number of nitrogens with two attached hydrogens (primary N) is 1. The first kappa shape index (κ1) is 15.4. The number of hydrogen-bond donors (Lipinski definition) is 2. The lowest BCUT2D eigenvalue weighted by Crippen LogP contribution is -2.41. The second kappa shape index (κ2) is 5.79. The highest BCUT2D eigenvalue weighted by molar-refractivity contribution is 7.89. The van der Waals surface area contributed by atoms with E-state index in [9.17, 15) is 8.42 Å². The predicted octanol–water partition coefficient (Wildman–Crippen LogP) is 0.945. The van der Waals surface area contributed by atoms with Crippen molar-refractivity contribution in [2.24, 2.45) is 11.7 Å². The zero-order chi connectivity index (χ0) is 14.9. The molecule has 0 bridgehead atoms. The molecule has 20 heavy (non-hydrogen) atoms. The minimum absolute atomic E-state index is 0.0606. The fraction of sp³-hybridized carbons (Fsp3) is 0.667. The second-order valence-corrected chi connectivity index (χ2v) is 7.21. The van der Waals surface area contributed by atoms with Gasteiger partial charge in [-0.05, 0) is 26.7 Å². The maximum atomic E-state index is 12.4. The van der Waals surface area contributed by atoms with E-state index in [0.29, 0.717) is 17.4 Å². The molecule has 1 aliphatic rings. The lowest BCUT2D eigenvalue weighted by Gasteiger charge is -2.19. The van der Waals surface area contributed by atoms with E-state index in [0.717, 1.165) is 19.3 Å². The highest BCUT2D eigenvalue weighted by Gasteiger charge is 2.33. The maximum Gasteiger partial charge on any atom is 0.259 e. The van der Waals surface area contributed by atoms with Crippen LogP contribution in [0.2, 0.25) is 0 Å². The topological polar surface area (TPSA) is 90.0 Å². The van der Waals surface area contributed by atoms with Gasteiger partial charge in [0.1, 0.15) is 5.82 Å². The van der Waals surface area contributed by atoms with Crippen molar-refractivity contribution in [3.05, 3.63) is 12.0 Å². The number of hydrogen-bond acceptors (Lipinski definition) is 4. The van der Waals surface area contributed by atoms with E-state index in [4.69, 9.17) is 18.0 Å². The van der Waals surface area contributed by atoms with Crippen molar-refractivity contribution in [2.45, 2.75) is 50.7 Å². The average molecular weight is 316 g/mol. The van der Waals surface area contributed by atoms with Gasteiger partial charge in [0.15, 0.2) is 5.03 Å². The Morgan fingerprint density at radius 1 is 1.60 bits per heavy atom. The summed E-state index contributed by atoms with van der Waals surface area (Å²) in [5.41, 5.74) is 5.67. The third-order valence-corrected chi connectivity index (χ3v) is 5.42. The molecule has 8 heteroatoms. The molecule has 0 aliphatic heterocycles. The van der Waals surface area contributed by atoms with E-state index < -0.39 is 10.0 Å². The second-order valence-electron chi connectivity index (χ2n) is 5.08. The van der Waals surface area contributed by atoms with Crippen LogP contribution in [0.5, 0.6) is 0 Å². The molecule has 1 aliphatic carbocycles. The molecule has 112 valence electrons. The number of nitrogens with zero attached hydrogens (tertiary/aromatic N) is 2. The van der Waals surface area contributed by atoms with Gasteiger partial charge in [-0.15, -0.1) is 0 Å². The van der Waals surface area contributed by atoms with E-state index in [1.54, 1.807) is 17.7 Å². The summed E-state index contributed by atoms with van der Waals surface area (Å²) in [7, 11) is -3.62. The molecule has 0 radical (unpaired) electrons. The van der Waals surface area contributed by atoms with Crippen molar-refractivity contribution in [3.63, 3.8) is 0 Å². The minimum Gasteiger partial charge on any atom is -0.393 e. The number of imidazole rings is 1. The van der Waals surface area contributed by atoms with Gasteiger partial charge in [-0.25, -0.2) is 18.1 Å². The lowest BCUT2D eigenvalue weighted by molar-refractivity contribution is 0.522. The summed E-state index contributed by atoms with van der Waals surface area (Å²) in [6, 6.07) is -0.218. The first-order chi connectivity index (χ1) is 9.35. The molecule has 0 amide bonds. The Hall–Kier alpha value is -0.990. The van der Waals surface area contributed by atoms with Crippen molar-refractivity contribution >= 4 is 27.2 Å². The van der Waals surface area contributed by atoms with Crippen LogP contribution in [0.1, 0.15) is 32.0 Å². The number of aryl methyl sites for hydroxylation is 2. The molecule has 2 atom stereocenters. The van der Waals surface area contributed by atoms with Crippen LogP contribution in [0, 0.1) is 12.8 Å². The Morgan fingerprint density at radius 2 is 2.30 bits per heavy atom. The zero-order valence-corrected chi connectivity index (χ0v) is 13.3. The quantitative estimate of drug-likeness (QED) is 0.789. The molecule has 1 aromatic rings. The van der Waals surface area contributed by atoms with Gasteiger partial charge >= 0.3 is 0 Å². The summed E-state index contributed by atoms with van der Waals surface area (Å²) in [4.78, 5) is 4.49. The molecule has 6 nitrogen and oxygen atoms in total. The van der Waals surface area contributed by atoms with Gasteiger partial charge in [-0.1, -0.05) is 18.6 Å². The molecule has 1 aromatic heterocycles. The van der Waals surface area contributed by atoms with Crippen LogP contribution in [0.15, 0.2) is 11.2 Å². The van der Waals surface area contributed by atoms with E-state index in [1.165, 1.54) is 0 Å². The molecule has 0 saturated heterocycles. The fourth-order valence-electron chi connectivity index (χ4n) is 2.63. The molecule has 3 N–H and O–H groups in total. The Bertz CT molecular complexity index is 609. The molecule has 1 saturated carbocycles. The Labute approximate surface area is 124 Å². The number of sulfonamides is 1. The van der Waals surface area contributed by atoms with Crippen molar-refractivity contribution in [3.8, 4) is 0 Å². The van der Waals surface area contributed by atoms with E-state index in [-0.39, 0.29) is 17.0 Å². The summed E-state index contributed by atoms with van der Waals surface area (Å²) in [6.07, 6.45) is 4.08. The van der Waals surface area contributed by atoms with Gasteiger partial charge in [-0.2, -0.15) is 0 Å². The van der Waals surface area contributed by atoms with Gasteiger partial charge in [0, 0.05) is 24.7 Å². The van der Waals surface area contributed by atoms with Gasteiger partial charge in [0.05, 0.1) is 4.99 Å². The fourth-order valence-corrected chi connectivity index (χ4v) is 4.23. The van der Waals surface area contributed by atoms with Crippen LogP contribution in [0.25, 0.3) is 0 Å². The van der Waals surface area contributed by atoms with Crippen LogP contribution >= 0.6 is 12.2 Å². The monoisotopic (exact) mass is 316 g/mol. The molecule has 1 fully saturated rings. The third kappa shape index (κ3) is 3.02. The van der Waals surface area contributed by atoms with Crippen LogP contribution < -0.4 is 10.5 Å². The maximum absolute atomic E-state index is 12.4. The average Bonchev–Trinajstić information content (AvgIpc) is 2.95. The van der Waals surface area contributed by atoms with Crippen LogP contribution in [-0.2, 0) is 16.6 Å². The first-order valence-corrected chi connectivity index (χ1v) is 8.59. The van der Waals surface area contributed by atoms with Crippen molar-refractivity contribution in [2.75, 3.05) is 0 Å². The van der Waals surface area contributed by atoms with E-state index in [2.05, 4.69) is 9.71 Å². The van der Waals surface area contributed by atoms with Crippen LogP contribution in [-0.4, -0.2) is 29.0 Å². The van der Waals surface area contributed by atoms with Gasteiger partial charge in [0.2, 0.25) is 0 Å². The van der Waals surface area contributed by atoms with E-state index in [1.807, 2.05) is 6.92 Å². The molecular weight excluding hydrogens is 296 g/mol. The number of rotatable bonds is 5. The highest BCUT2D eigenvalue weighted by Crippen LogP contribution is 2.27. The Kier molecular flexibility index (Phi) is 4.46. The number of nitrogens with one attached hydrogen (secondary N) is 1. The molecule has 1 heterocycles. The van der Waals surface area contributed by atoms with Crippen molar-refractivity contribution < 1.29 is 8.42 Å². The normalized spacial score (nSPS) is 23.1. The molecular formula is C12H20N4O2S2. The predicted molar refractivity (Wildman–Crippen MR) is 80.9 cm³/mol. The van der Waals surface area contributed by atoms with E-state index >= 15 is 0 Å². The molecule has 0 spiro atoms. The number of aromatic nitrogens is 2. The smallest absolute Gasteiger partial charge is 0.259 e. The molecule has 0 aromatic carbocycles. The van der Waals surface area contributed by atoms with Crippen LogP contribution in [0.3, 0.4) is 0 Å². The summed E-state index contributed by atoms with van der Waals surface area (Å²) < 4.78 is 29.2. The van der Waals surface area contributed by atoms with Gasteiger partial charge in [0.25, 0.3) is 10.0 Å². The standard InChI is InChI=1S/C12H20N4O2S2/c1-3-16-7-11(14-8(16)2)20(17,18)15-10-6-4-5-9(10)12(13)19/h7,9-10,15H,3-6H2,1-2H3,(H2,13,19). The minimum atomic E-state index is -3.62. The molecule has 2 rings (SSSR count). The highest BCUT2D eigenvalue weighted by atomic mass is 32.2. The summed E-state index contributed by atoms with van der Waals surface area (Å²) in [6.45, 7) is 4.42. The van der Waals surface area contributed by atoms with Crippen molar-refractivity contribution in [1.29, 1.82) is 0 Å². The number of thiocarbonyl (C=S) groups is 1. The lowest BCUT2D eigenvalue weighted by atomic mass is 10.1. The Morgan fingerprint density at radius 3 is 2.85 bits per heavy atom. The SMILES string of the molecule is CCn1cc(S(=O)(=O)NC2CCCC2C(N)=S)nc1C. The van der Waals surface area contributed by atoms with Gasteiger partial charge < -0.3 is 10.3 Å². The third-order valence-electron chi connectivity index (χ3n) is 3.76. The van der Waals surface area contributed by atoms with Gasteiger partial charge in [-0.3, -0.25) is 0 Å².